The lowest BCUT2D eigenvalue weighted by Gasteiger charge is -2.34. The summed E-state index contributed by atoms with van der Waals surface area (Å²) in [5.41, 5.74) is 0.00372. The molecule has 0 unspecified atom stereocenters. The first-order chi connectivity index (χ1) is 10.8. The summed E-state index contributed by atoms with van der Waals surface area (Å²) < 4.78 is 0. The van der Waals surface area contributed by atoms with E-state index < -0.39 is 5.41 Å². The predicted octanol–water partition coefficient (Wildman–Crippen LogP) is 3.37. The van der Waals surface area contributed by atoms with Crippen molar-refractivity contribution in [1.29, 1.82) is 0 Å². The number of benzene rings is 1. The summed E-state index contributed by atoms with van der Waals surface area (Å²) in [5.74, 6) is -0.333. The molecule has 2 amide bonds. The van der Waals surface area contributed by atoms with E-state index in [0.717, 1.165) is 18.4 Å². The van der Waals surface area contributed by atoms with Crippen molar-refractivity contribution in [2.45, 2.75) is 60.0 Å². The highest BCUT2D eigenvalue weighted by Crippen LogP contribution is 2.22. The number of nitrogens with one attached hydrogen (secondary N) is 1. The van der Waals surface area contributed by atoms with Crippen LogP contribution < -0.4 is 5.32 Å². The monoisotopic (exact) mass is 318 g/mol. The molecule has 0 saturated heterocycles. The van der Waals surface area contributed by atoms with Crippen LogP contribution in [0.15, 0.2) is 30.3 Å². The maximum atomic E-state index is 13.0. The van der Waals surface area contributed by atoms with Crippen molar-refractivity contribution in [3.63, 3.8) is 0 Å². The molecular weight excluding hydrogens is 288 g/mol. The molecule has 23 heavy (non-hydrogen) atoms. The third kappa shape index (κ3) is 5.38. The van der Waals surface area contributed by atoms with E-state index in [-0.39, 0.29) is 17.9 Å². The molecule has 0 saturated carbocycles. The van der Waals surface area contributed by atoms with Crippen LogP contribution in [0.1, 0.15) is 53.0 Å². The first kappa shape index (κ1) is 19.2. The molecule has 4 nitrogen and oxygen atoms in total. The molecule has 4 heteroatoms. The second kappa shape index (κ2) is 8.70. The van der Waals surface area contributed by atoms with Gasteiger partial charge in [0.25, 0.3) is 0 Å². The van der Waals surface area contributed by atoms with E-state index in [1.54, 1.807) is 18.7 Å². The van der Waals surface area contributed by atoms with Crippen molar-refractivity contribution in [2.75, 3.05) is 6.54 Å². The summed E-state index contributed by atoms with van der Waals surface area (Å²) in [6, 6.07) is 9.90. The Morgan fingerprint density at radius 1 is 1.17 bits per heavy atom. The van der Waals surface area contributed by atoms with Gasteiger partial charge in [0.2, 0.25) is 11.8 Å². The van der Waals surface area contributed by atoms with Crippen LogP contribution in [0.3, 0.4) is 0 Å². The maximum Gasteiger partial charge on any atom is 0.238 e. The van der Waals surface area contributed by atoms with E-state index in [4.69, 9.17) is 0 Å². The normalized spacial score (nSPS) is 11.4. The molecule has 1 aromatic rings. The molecule has 0 aliphatic rings. The van der Waals surface area contributed by atoms with E-state index in [0.29, 0.717) is 13.1 Å². The Kier molecular flexibility index (Phi) is 7.27. The third-order valence-electron chi connectivity index (χ3n) is 4.00. The topological polar surface area (TPSA) is 49.4 Å². The molecule has 0 aliphatic carbocycles. The van der Waals surface area contributed by atoms with Crippen LogP contribution in [0.2, 0.25) is 0 Å². The Morgan fingerprint density at radius 2 is 1.78 bits per heavy atom. The fourth-order valence-corrected chi connectivity index (χ4v) is 2.32. The van der Waals surface area contributed by atoms with Gasteiger partial charge in [-0.1, -0.05) is 43.7 Å². The number of hydrogen-bond donors (Lipinski definition) is 1. The number of hydrogen-bond acceptors (Lipinski definition) is 2. The first-order valence-corrected chi connectivity index (χ1v) is 8.44. The zero-order valence-corrected chi connectivity index (χ0v) is 15.1. The predicted molar refractivity (Wildman–Crippen MR) is 93.8 cm³/mol. The van der Waals surface area contributed by atoms with Crippen LogP contribution >= 0.6 is 0 Å². The molecule has 0 heterocycles. The molecule has 0 aromatic heterocycles. The minimum absolute atomic E-state index is 0.0328. The van der Waals surface area contributed by atoms with E-state index in [9.17, 15) is 9.59 Å². The number of carbonyl (C=O) groups is 2. The van der Waals surface area contributed by atoms with Gasteiger partial charge in [0.15, 0.2) is 0 Å². The fraction of sp³-hybridized carbons (Fsp3) is 0.579. The Morgan fingerprint density at radius 3 is 2.30 bits per heavy atom. The highest BCUT2D eigenvalue weighted by molar-refractivity contribution is 6.04. The molecule has 1 aromatic carbocycles. The van der Waals surface area contributed by atoms with Gasteiger partial charge in [0.1, 0.15) is 5.41 Å². The number of amides is 2. The molecule has 128 valence electrons. The minimum atomic E-state index is -1.06. The largest absolute Gasteiger partial charge is 0.355 e. The molecular formula is C19H30N2O2. The lowest BCUT2D eigenvalue weighted by molar-refractivity contribution is -0.150. The van der Waals surface area contributed by atoms with Crippen LogP contribution in [-0.2, 0) is 16.1 Å². The van der Waals surface area contributed by atoms with Crippen LogP contribution in [0.25, 0.3) is 0 Å². The van der Waals surface area contributed by atoms with Gasteiger partial charge in [-0.2, -0.15) is 0 Å². The number of nitrogens with zero attached hydrogens (tertiary/aromatic N) is 1. The van der Waals surface area contributed by atoms with Crippen molar-refractivity contribution in [1.82, 2.24) is 10.2 Å². The van der Waals surface area contributed by atoms with Crippen LogP contribution in [0, 0.1) is 5.41 Å². The van der Waals surface area contributed by atoms with Crippen molar-refractivity contribution in [3.8, 4) is 0 Å². The van der Waals surface area contributed by atoms with E-state index in [1.807, 2.05) is 44.2 Å². The molecule has 0 spiro atoms. The Bertz CT molecular complexity index is 509. The lowest BCUT2D eigenvalue weighted by atomic mass is 9.89. The van der Waals surface area contributed by atoms with Crippen molar-refractivity contribution >= 4 is 11.8 Å². The van der Waals surface area contributed by atoms with Crippen molar-refractivity contribution in [3.05, 3.63) is 35.9 Å². The van der Waals surface area contributed by atoms with E-state index in [2.05, 4.69) is 12.2 Å². The van der Waals surface area contributed by atoms with Crippen molar-refractivity contribution in [2.24, 2.45) is 5.41 Å². The Labute approximate surface area is 140 Å². The zero-order valence-electron chi connectivity index (χ0n) is 15.1. The summed E-state index contributed by atoms with van der Waals surface area (Å²) in [6.07, 6.45) is 1.94. The fourth-order valence-electron chi connectivity index (χ4n) is 2.32. The summed E-state index contributed by atoms with van der Waals surface area (Å²) >= 11 is 0. The average Bonchev–Trinajstić information content (AvgIpc) is 2.52. The van der Waals surface area contributed by atoms with Crippen LogP contribution in [-0.4, -0.2) is 29.3 Å². The van der Waals surface area contributed by atoms with Gasteiger partial charge in [-0.3, -0.25) is 9.59 Å². The number of carbonyl (C=O) groups excluding carboxylic acids is 2. The summed E-state index contributed by atoms with van der Waals surface area (Å²) in [4.78, 5) is 27.1. The zero-order chi connectivity index (χ0) is 17.5. The van der Waals surface area contributed by atoms with Gasteiger partial charge < -0.3 is 10.2 Å². The molecule has 1 rings (SSSR count). The minimum Gasteiger partial charge on any atom is -0.355 e. The molecule has 1 N–H and O–H groups in total. The van der Waals surface area contributed by atoms with Gasteiger partial charge in [0.05, 0.1) is 0 Å². The molecule has 0 radical (unpaired) electrons. The van der Waals surface area contributed by atoms with E-state index in [1.165, 1.54) is 0 Å². The molecule has 0 fully saturated rings. The van der Waals surface area contributed by atoms with Gasteiger partial charge >= 0.3 is 0 Å². The highest BCUT2D eigenvalue weighted by Gasteiger charge is 2.39. The second-order valence-corrected chi connectivity index (χ2v) is 6.75. The Hall–Kier alpha value is -1.84. The third-order valence-corrected chi connectivity index (χ3v) is 4.00. The van der Waals surface area contributed by atoms with Gasteiger partial charge in [-0.25, -0.2) is 0 Å². The quantitative estimate of drug-likeness (QED) is 0.590. The summed E-state index contributed by atoms with van der Waals surface area (Å²) in [6.45, 7) is 10.6. The second-order valence-electron chi connectivity index (χ2n) is 6.75. The lowest BCUT2D eigenvalue weighted by Crippen LogP contribution is -2.51. The standard InChI is InChI=1S/C19H30N2O2/c1-6-7-13-20-17(22)19(4,5)18(23)21(15(2)3)14-16-11-9-8-10-12-16/h8-12,15H,6-7,13-14H2,1-5H3,(H,20,22). The van der Waals surface area contributed by atoms with Crippen molar-refractivity contribution < 1.29 is 9.59 Å². The average molecular weight is 318 g/mol. The molecule has 0 atom stereocenters. The van der Waals surface area contributed by atoms with Gasteiger partial charge in [-0.15, -0.1) is 0 Å². The number of rotatable bonds is 8. The smallest absolute Gasteiger partial charge is 0.238 e. The van der Waals surface area contributed by atoms with E-state index >= 15 is 0 Å². The maximum absolute atomic E-state index is 13.0. The number of unbranched alkanes of at least 4 members (excludes halogenated alkanes) is 1. The molecule has 0 bridgehead atoms. The summed E-state index contributed by atoms with van der Waals surface area (Å²) in [7, 11) is 0. The first-order valence-electron chi connectivity index (χ1n) is 8.44. The summed E-state index contributed by atoms with van der Waals surface area (Å²) in [5, 5.41) is 2.88. The van der Waals surface area contributed by atoms with Gasteiger partial charge in [-0.05, 0) is 39.7 Å². The van der Waals surface area contributed by atoms with Crippen LogP contribution in [0.4, 0.5) is 0 Å². The van der Waals surface area contributed by atoms with Crippen LogP contribution in [0.5, 0.6) is 0 Å². The highest BCUT2D eigenvalue weighted by atomic mass is 16.2. The van der Waals surface area contributed by atoms with Gasteiger partial charge in [0, 0.05) is 19.1 Å². The SMILES string of the molecule is CCCCNC(=O)C(C)(C)C(=O)N(Cc1ccccc1)C(C)C. The Balaban J connectivity index is 2.85. The molecule has 0 aliphatic heterocycles.